The van der Waals surface area contributed by atoms with Gasteiger partial charge in [0.15, 0.2) is 0 Å². The molecule has 0 spiro atoms. The molecule has 0 aliphatic rings. The molecule has 19 heavy (non-hydrogen) atoms. The molecule has 0 saturated heterocycles. The molecule has 1 rings (SSSR count). The topological polar surface area (TPSA) is 12.0 Å². The molecular weight excluding hydrogens is 297 g/mol. The minimum Gasteiger partial charge on any atom is -0.313 e. The Morgan fingerprint density at radius 2 is 2.00 bits per heavy atom. The van der Waals surface area contributed by atoms with E-state index in [0.717, 1.165) is 40.7 Å². The molecule has 0 heterocycles. The standard InChI is InChI=1S/C15H23Cl2NS/c1-4-7-18-14(10-19-11(2)3)9-12-8-13(16)5-6-15(12)17/h5-6,8,11,14,18H,4,7,9-10H2,1-3H3. The van der Waals surface area contributed by atoms with Crippen LogP contribution in [-0.2, 0) is 6.42 Å². The number of hydrogen-bond acceptors (Lipinski definition) is 2. The quantitative estimate of drug-likeness (QED) is 0.720. The van der Waals surface area contributed by atoms with Crippen molar-refractivity contribution < 1.29 is 0 Å². The lowest BCUT2D eigenvalue weighted by atomic mass is 10.1. The third-order valence-electron chi connectivity index (χ3n) is 2.79. The Morgan fingerprint density at radius 1 is 1.26 bits per heavy atom. The summed E-state index contributed by atoms with van der Waals surface area (Å²) in [6, 6.07) is 6.14. The van der Waals surface area contributed by atoms with Crippen molar-refractivity contribution in [1.29, 1.82) is 0 Å². The van der Waals surface area contributed by atoms with Gasteiger partial charge >= 0.3 is 0 Å². The Labute approximate surface area is 131 Å². The molecule has 1 unspecified atom stereocenters. The largest absolute Gasteiger partial charge is 0.313 e. The molecule has 0 fully saturated rings. The Morgan fingerprint density at radius 3 is 2.63 bits per heavy atom. The summed E-state index contributed by atoms with van der Waals surface area (Å²) >= 11 is 14.3. The van der Waals surface area contributed by atoms with E-state index >= 15 is 0 Å². The maximum atomic E-state index is 6.24. The summed E-state index contributed by atoms with van der Waals surface area (Å²) in [5.74, 6) is 1.10. The highest BCUT2D eigenvalue weighted by atomic mass is 35.5. The highest BCUT2D eigenvalue weighted by Gasteiger charge is 2.12. The van der Waals surface area contributed by atoms with Crippen LogP contribution in [0.5, 0.6) is 0 Å². The molecule has 0 aliphatic carbocycles. The summed E-state index contributed by atoms with van der Waals surface area (Å²) < 4.78 is 0. The minimum atomic E-state index is 0.448. The minimum absolute atomic E-state index is 0.448. The van der Waals surface area contributed by atoms with Crippen molar-refractivity contribution in [2.24, 2.45) is 0 Å². The highest BCUT2D eigenvalue weighted by molar-refractivity contribution is 7.99. The zero-order valence-electron chi connectivity index (χ0n) is 11.9. The van der Waals surface area contributed by atoms with Gasteiger partial charge in [0.1, 0.15) is 0 Å². The Balaban J connectivity index is 2.66. The van der Waals surface area contributed by atoms with Crippen molar-refractivity contribution in [2.45, 2.75) is 44.9 Å². The van der Waals surface area contributed by atoms with Crippen molar-refractivity contribution in [3.05, 3.63) is 33.8 Å². The summed E-state index contributed by atoms with van der Waals surface area (Å²) in [7, 11) is 0. The second kappa shape index (κ2) is 9.12. The summed E-state index contributed by atoms with van der Waals surface area (Å²) in [5.41, 5.74) is 1.13. The van der Waals surface area contributed by atoms with E-state index in [2.05, 4.69) is 26.1 Å². The highest BCUT2D eigenvalue weighted by Crippen LogP contribution is 2.23. The molecule has 0 aromatic heterocycles. The lowest BCUT2D eigenvalue weighted by Crippen LogP contribution is -2.34. The molecule has 1 atom stereocenters. The van der Waals surface area contributed by atoms with Crippen LogP contribution < -0.4 is 5.32 Å². The van der Waals surface area contributed by atoms with Crippen LogP contribution >= 0.6 is 35.0 Å². The molecule has 0 saturated carbocycles. The van der Waals surface area contributed by atoms with E-state index in [0.29, 0.717) is 11.3 Å². The Bertz CT molecular complexity index is 382. The first-order chi connectivity index (χ1) is 9.02. The predicted molar refractivity (Wildman–Crippen MR) is 89.8 cm³/mol. The summed E-state index contributed by atoms with van der Waals surface area (Å²) in [5, 5.41) is 5.81. The first-order valence-corrected chi connectivity index (χ1v) is 8.62. The zero-order valence-corrected chi connectivity index (χ0v) is 14.2. The number of thioether (sulfide) groups is 1. The van der Waals surface area contributed by atoms with Gasteiger partial charge < -0.3 is 5.32 Å². The van der Waals surface area contributed by atoms with Gasteiger partial charge in [-0.05, 0) is 48.4 Å². The van der Waals surface area contributed by atoms with Gasteiger partial charge in [-0.2, -0.15) is 11.8 Å². The van der Waals surface area contributed by atoms with Gasteiger partial charge in [-0.1, -0.05) is 44.0 Å². The van der Waals surface area contributed by atoms with Crippen LogP contribution in [0.1, 0.15) is 32.8 Å². The number of hydrogen-bond donors (Lipinski definition) is 1. The molecule has 1 aromatic carbocycles. The van der Waals surface area contributed by atoms with Gasteiger partial charge in [0.2, 0.25) is 0 Å². The number of rotatable bonds is 8. The third kappa shape index (κ3) is 6.89. The third-order valence-corrected chi connectivity index (χ3v) is 4.65. The monoisotopic (exact) mass is 319 g/mol. The first-order valence-electron chi connectivity index (χ1n) is 6.81. The van der Waals surface area contributed by atoms with Gasteiger partial charge in [-0.3, -0.25) is 0 Å². The van der Waals surface area contributed by atoms with Crippen molar-refractivity contribution in [3.63, 3.8) is 0 Å². The SMILES string of the molecule is CCCNC(CSC(C)C)Cc1cc(Cl)ccc1Cl. The van der Waals surface area contributed by atoms with Crippen molar-refractivity contribution in [2.75, 3.05) is 12.3 Å². The normalized spacial score (nSPS) is 12.9. The van der Waals surface area contributed by atoms with Gasteiger partial charge in [0.25, 0.3) is 0 Å². The summed E-state index contributed by atoms with van der Waals surface area (Å²) in [4.78, 5) is 0. The van der Waals surface area contributed by atoms with E-state index in [1.807, 2.05) is 30.0 Å². The van der Waals surface area contributed by atoms with Crippen LogP contribution in [0, 0.1) is 0 Å². The van der Waals surface area contributed by atoms with Crippen LogP contribution in [0.25, 0.3) is 0 Å². The Hall–Kier alpha value is 0.110. The van der Waals surface area contributed by atoms with E-state index in [1.54, 1.807) is 0 Å². The zero-order chi connectivity index (χ0) is 14.3. The van der Waals surface area contributed by atoms with E-state index in [-0.39, 0.29) is 0 Å². The van der Waals surface area contributed by atoms with Crippen LogP contribution in [0.2, 0.25) is 10.0 Å². The van der Waals surface area contributed by atoms with E-state index < -0.39 is 0 Å². The van der Waals surface area contributed by atoms with Crippen LogP contribution in [-0.4, -0.2) is 23.6 Å². The molecule has 0 amide bonds. The Kier molecular flexibility index (Phi) is 8.24. The summed E-state index contributed by atoms with van der Waals surface area (Å²) in [6.45, 7) is 7.69. The molecule has 108 valence electrons. The fraction of sp³-hybridized carbons (Fsp3) is 0.600. The molecule has 0 bridgehead atoms. The second-order valence-electron chi connectivity index (χ2n) is 4.97. The molecule has 0 aliphatic heterocycles. The second-order valence-corrected chi connectivity index (χ2v) is 7.43. The van der Waals surface area contributed by atoms with Crippen LogP contribution in [0.3, 0.4) is 0 Å². The number of benzene rings is 1. The fourth-order valence-corrected chi connectivity index (χ4v) is 3.05. The van der Waals surface area contributed by atoms with Crippen molar-refractivity contribution in [3.8, 4) is 0 Å². The van der Waals surface area contributed by atoms with Gasteiger partial charge in [0, 0.05) is 21.8 Å². The number of halogens is 2. The predicted octanol–water partition coefficient (Wildman–Crippen LogP) is 5.05. The maximum Gasteiger partial charge on any atom is 0.0439 e. The van der Waals surface area contributed by atoms with E-state index in [4.69, 9.17) is 23.2 Å². The molecule has 1 aromatic rings. The van der Waals surface area contributed by atoms with Gasteiger partial charge in [0.05, 0.1) is 0 Å². The average molecular weight is 320 g/mol. The fourth-order valence-electron chi connectivity index (χ4n) is 1.81. The summed E-state index contributed by atoms with van der Waals surface area (Å²) in [6.07, 6.45) is 2.07. The first kappa shape index (κ1) is 17.2. The van der Waals surface area contributed by atoms with Crippen LogP contribution in [0.4, 0.5) is 0 Å². The lowest BCUT2D eigenvalue weighted by Gasteiger charge is -2.20. The van der Waals surface area contributed by atoms with Gasteiger partial charge in [-0.25, -0.2) is 0 Å². The van der Waals surface area contributed by atoms with Crippen LogP contribution in [0.15, 0.2) is 18.2 Å². The van der Waals surface area contributed by atoms with E-state index in [9.17, 15) is 0 Å². The molecule has 1 N–H and O–H groups in total. The lowest BCUT2D eigenvalue weighted by molar-refractivity contribution is 0.550. The molecule has 4 heteroatoms. The molecular formula is C15H23Cl2NS. The average Bonchev–Trinajstić information content (AvgIpc) is 2.36. The van der Waals surface area contributed by atoms with Crippen molar-refractivity contribution >= 4 is 35.0 Å². The maximum absolute atomic E-state index is 6.24. The smallest absolute Gasteiger partial charge is 0.0439 e. The van der Waals surface area contributed by atoms with E-state index in [1.165, 1.54) is 0 Å². The van der Waals surface area contributed by atoms with Gasteiger partial charge in [-0.15, -0.1) is 0 Å². The molecule has 1 nitrogen and oxygen atoms in total. The number of nitrogens with one attached hydrogen (secondary N) is 1. The van der Waals surface area contributed by atoms with Crippen molar-refractivity contribution in [1.82, 2.24) is 5.32 Å². The molecule has 0 radical (unpaired) electrons.